The summed E-state index contributed by atoms with van der Waals surface area (Å²) in [5, 5.41) is 9.03. The molecule has 0 bridgehead atoms. The number of aromatic nitrogens is 1. The van der Waals surface area contributed by atoms with Crippen LogP contribution in [-0.2, 0) is 6.42 Å². The van der Waals surface area contributed by atoms with E-state index >= 15 is 0 Å². The van der Waals surface area contributed by atoms with Crippen LogP contribution in [0.15, 0.2) is 67.0 Å². The lowest BCUT2D eigenvalue weighted by Gasteiger charge is -2.08. The zero-order valence-electron chi connectivity index (χ0n) is 16.1. The number of aryl methyl sites for hydroxylation is 2. The predicted molar refractivity (Wildman–Crippen MR) is 114 cm³/mol. The van der Waals surface area contributed by atoms with Crippen LogP contribution in [0.5, 0.6) is 5.75 Å². The molecule has 2 aromatic carbocycles. The minimum Gasteiger partial charge on any atom is -0.494 e. The first-order valence-corrected chi connectivity index (χ1v) is 9.22. The van der Waals surface area contributed by atoms with E-state index in [1.54, 1.807) is 6.20 Å². The van der Waals surface area contributed by atoms with Crippen molar-refractivity contribution in [2.45, 2.75) is 26.2 Å². The van der Waals surface area contributed by atoms with Crippen LogP contribution < -0.4 is 4.74 Å². The molecule has 3 heteroatoms. The van der Waals surface area contributed by atoms with Crippen LogP contribution in [0, 0.1) is 31.1 Å². The molecular formula is C25H24N2O. The van der Waals surface area contributed by atoms with E-state index in [1.807, 2.05) is 49.5 Å². The third-order valence-electron chi connectivity index (χ3n) is 4.39. The van der Waals surface area contributed by atoms with E-state index in [0.717, 1.165) is 53.9 Å². The first-order valence-electron chi connectivity index (χ1n) is 9.22. The van der Waals surface area contributed by atoms with Crippen LogP contribution in [0.25, 0.3) is 11.1 Å². The molecule has 0 saturated carbocycles. The zero-order valence-corrected chi connectivity index (χ0v) is 16.1. The molecule has 3 aromatic rings. The van der Waals surface area contributed by atoms with Crippen molar-refractivity contribution in [3.05, 3.63) is 83.7 Å². The topological polar surface area (TPSA) is 45.9 Å². The predicted octanol–water partition coefficient (Wildman–Crippen LogP) is 5.58. The summed E-state index contributed by atoms with van der Waals surface area (Å²) >= 11 is 0. The van der Waals surface area contributed by atoms with E-state index in [-0.39, 0.29) is 0 Å². The number of terminal acetylenes is 1. The number of nitrogens with zero attached hydrogens (tertiary/aromatic N) is 2. The van der Waals surface area contributed by atoms with Gasteiger partial charge in [0.05, 0.1) is 18.2 Å². The Bertz CT molecular complexity index is 922. The summed E-state index contributed by atoms with van der Waals surface area (Å²) in [5.74, 6) is 0.889. The average Bonchev–Trinajstić information content (AvgIpc) is 2.76. The number of ether oxygens (including phenoxy) is 1. The molecular weight excluding hydrogens is 344 g/mol. The highest BCUT2D eigenvalue weighted by Gasteiger charge is 2.03. The second kappa shape index (κ2) is 11.2. The fourth-order valence-electron chi connectivity index (χ4n) is 2.88. The Labute approximate surface area is 167 Å². The van der Waals surface area contributed by atoms with Gasteiger partial charge in [0.25, 0.3) is 0 Å². The quantitative estimate of drug-likeness (QED) is 0.404. The summed E-state index contributed by atoms with van der Waals surface area (Å²) in [6, 6.07) is 20.3. The molecule has 0 spiro atoms. The molecule has 140 valence electrons. The Morgan fingerprint density at radius 1 is 1.00 bits per heavy atom. The van der Waals surface area contributed by atoms with Gasteiger partial charge in [-0.15, -0.1) is 12.8 Å². The molecule has 28 heavy (non-hydrogen) atoms. The number of unbranched alkanes of at least 4 members (excludes halogenated alkanes) is 1. The largest absolute Gasteiger partial charge is 0.494 e. The summed E-state index contributed by atoms with van der Waals surface area (Å²) in [5.41, 5.74) is 5.24. The van der Waals surface area contributed by atoms with E-state index in [9.17, 15) is 0 Å². The van der Waals surface area contributed by atoms with Gasteiger partial charge in [0.1, 0.15) is 5.75 Å². The molecule has 0 N–H and O–H groups in total. The molecule has 3 rings (SSSR count). The summed E-state index contributed by atoms with van der Waals surface area (Å²) in [6.07, 6.45) is 14.9. The van der Waals surface area contributed by atoms with Gasteiger partial charge in [-0.2, -0.15) is 5.26 Å². The van der Waals surface area contributed by atoms with E-state index in [2.05, 4.69) is 42.1 Å². The molecule has 0 radical (unpaired) electrons. The summed E-state index contributed by atoms with van der Waals surface area (Å²) < 4.78 is 5.84. The summed E-state index contributed by atoms with van der Waals surface area (Å²) in [4.78, 5) is 4.13. The van der Waals surface area contributed by atoms with Crippen molar-refractivity contribution in [1.29, 1.82) is 5.26 Å². The van der Waals surface area contributed by atoms with Crippen molar-refractivity contribution in [2.75, 3.05) is 6.61 Å². The minimum absolute atomic E-state index is 0.718. The highest BCUT2D eigenvalue weighted by Crippen LogP contribution is 2.24. The molecule has 0 aliphatic carbocycles. The van der Waals surface area contributed by atoms with Crippen molar-refractivity contribution in [3.63, 3.8) is 0 Å². The third kappa shape index (κ3) is 6.01. The summed E-state index contributed by atoms with van der Waals surface area (Å²) in [7, 11) is 0. The highest BCUT2D eigenvalue weighted by atomic mass is 16.5. The molecule has 0 aliphatic rings. The molecule has 0 amide bonds. The van der Waals surface area contributed by atoms with Crippen LogP contribution in [0.4, 0.5) is 0 Å². The van der Waals surface area contributed by atoms with Gasteiger partial charge in [0.15, 0.2) is 0 Å². The van der Waals surface area contributed by atoms with E-state index < -0.39 is 0 Å². The zero-order chi connectivity index (χ0) is 20.2. The Morgan fingerprint density at radius 2 is 1.75 bits per heavy atom. The molecule has 0 atom stereocenters. The second-order valence-corrected chi connectivity index (χ2v) is 6.33. The number of pyridine rings is 1. The van der Waals surface area contributed by atoms with Gasteiger partial charge >= 0.3 is 0 Å². The molecule has 0 saturated heterocycles. The fraction of sp³-hybridized carbons (Fsp3) is 0.200. The van der Waals surface area contributed by atoms with Crippen molar-refractivity contribution in [2.24, 2.45) is 0 Å². The van der Waals surface area contributed by atoms with E-state index in [4.69, 9.17) is 10.00 Å². The van der Waals surface area contributed by atoms with Crippen LogP contribution in [0.1, 0.15) is 29.5 Å². The van der Waals surface area contributed by atoms with Gasteiger partial charge in [-0.1, -0.05) is 30.3 Å². The summed E-state index contributed by atoms with van der Waals surface area (Å²) in [6.45, 7) is 2.68. The first kappa shape index (κ1) is 20.7. The van der Waals surface area contributed by atoms with Crippen LogP contribution >= 0.6 is 0 Å². The standard InChI is InChI=1S/C23H22N2O.C2H2/c1-18-15-21(7-8-22(18)16-24)20-9-11-23(12-10-20)26-14-3-2-5-19-6-4-13-25-17-19;1-2/h4,6-13,15,17H,2-3,5,14H2,1H3;1-2H. The highest BCUT2D eigenvalue weighted by molar-refractivity contribution is 5.66. The lowest BCUT2D eigenvalue weighted by molar-refractivity contribution is 0.307. The number of benzene rings is 2. The Hall–Kier alpha value is -3.56. The van der Waals surface area contributed by atoms with Crippen molar-refractivity contribution in [3.8, 4) is 35.8 Å². The maximum Gasteiger partial charge on any atom is 0.119 e. The normalized spacial score (nSPS) is 9.64. The first-order chi connectivity index (χ1) is 13.8. The van der Waals surface area contributed by atoms with Gasteiger partial charge in [-0.05, 0) is 72.7 Å². The lowest BCUT2D eigenvalue weighted by atomic mass is 10.0. The number of rotatable bonds is 7. The Morgan fingerprint density at radius 3 is 2.39 bits per heavy atom. The SMILES string of the molecule is C#C.Cc1cc(-c2ccc(OCCCCc3cccnc3)cc2)ccc1C#N. The Kier molecular flexibility index (Phi) is 8.31. The monoisotopic (exact) mass is 368 g/mol. The molecule has 3 nitrogen and oxygen atoms in total. The Balaban J connectivity index is 0.00000136. The third-order valence-corrected chi connectivity index (χ3v) is 4.39. The van der Waals surface area contributed by atoms with Gasteiger partial charge in [-0.25, -0.2) is 0 Å². The van der Waals surface area contributed by atoms with Gasteiger partial charge in [0.2, 0.25) is 0 Å². The maximum absolute atomic E-state index is 9.03. The van der Waals surface area contributed by atoms with Crippen LogP contribution in [0.3, 0.4) is 0 Å². The lowest BCUT2D eigenvalue weighted by Crippen LogP contribution is -1.98. The minimum atomic E-state index is 0.718. The maximum atomic E-state index is 9.03. The van der Waals surface area contributed by atoms with E-state index in [1.165, 1.54) is 5.56 Å². The van der Waals surface area contributed by atoms with Crippen LogP contribution in [0.2, 0.25) is 0 Å². The average molecular weight is 368 g/mol. The van der Waals surface area contributed by atoms with Crippen molar-refractivity contribution < 1.29 is 4.74 Å². The van der Waals surface area contributed by atoms with Crippen molar-refractivity contribution in [1.82, 2.24) is 4.98 Å². The smallest absolute Gasteiger partial charge is 0.119 e. The van der Waals surface area contributed by atoms with Gasteiger partial charge in [0, 0.05) is 12.4 Å². The fourth-order valence-corrected chi connectivity index (χ4v) is 2.88. The number of nitriles is 1. The molecule has 1 heterocycles. The van der Waals surface area contributed by atoms with Gasteiger partial charge in [-0.3, -0.25) is 4.98 Å². The second-order valence-electron chi connectivity index (χ2n) is 6.33. The number of hydrogen-bond acceptors (Lipinski definition) is 3. The molecule has 1 aromatic heterocycles. The molecule has 0 unspecified atom stereocenters. The molecule has 0 aliphatic heterocycles. The number of hydrogen-bond donors (Lipinski definition) is 0. The van der Waals surface area contributed by atoms with E-state index in [0.29, 0.717) is 0 Å². The molecule has 0 fully saturated rings. The van der Waals surface area contributed by atoms with Gasteiger partial charge < -0.3 is 4.74 Å². The van der Waals surface area contributed by atoms with Crippen LogP contribution in [-0.4, -0.2) is 11.6 Å². The van der Waals surface area contributed by atoms with Crippen molar-refractivity contribution >= 4 is 0 Å².